The highest BCUT2D eigenvalue weighted by Crippen LogP contribution is 2.19. The van der Waals surface area contributed by atoms with Crippen molar-refractivity contribution in [1.29, 1.82) is 0 Å². The van der Waals surface area contributed by atoms with Crippen molar-refractivity contribution in [3.05, 3.63) is 22.4 Å². The minimum atomic E-state index is -0.0256. The molecule has 1 N–H and O–H groups in total. The zero-order valence-electron chi connectivity index (χ0n) is 10.0. The van der Waals surface area contributed by atoms with E-state index in [4.69, 9.17) is 4.74 Å². The van der Waals surface area contributed by atoms with Crippen molar-refractivity contribution >= 4 is 11.3 Å². The monoisotopic (exact) mass is 227 g/mol. The van der Waals surface area contributed by atoms with Crippen LogP contribution in [0.4, 0.5) is 0 Å². The van der Waals surface area contributed by atoms with E-state index in [1.807, 2.05) is 0 Å². The molecule has 0 bridgehead atoms. The summed E-state index contributed by atoms with van der Waals surface area (Å²) in [7, 11) is 1.77. The minimum Gasteiger partial charge on any atom is -0.379 e. The summed E-state index contributed by atoms with van der Waals surface area (Å²) in [6.45, 7) is 7.42. The van der Waals surface area contributed by atoms with Gasteiger partial charge < -0.3 is 10.1 Å². The third-order valence-electron chi connectivity index (χ3n) is 2.70. The van der Waals surface area contributed by atoms with E-state index in [1.54, 1.807) is 18.4 Å². The Kier molecular flexibility index (Phi) is 4.77. The van der Waals surface area contributed by atoms with Gasteiger partial charge in [-0.1, -0.05) is 6.07 Å². The van der Waals surface area contributed by atoms with E-state index < -0.39 is 0 Å². The van der Waals surface area contributed by atoms with Crippen molar-refractivity contribution in [2.75, 3.05) is 13.7 Å². The van der Waals surface area contributed by atoms with Crippen LogP contribution in [0.15, 0.2) is 17.5 Å². The van der Waals surface area contributed by atoms with Gasteiger partial charge in [-0.15, -0.1) is 11.3 Å². The summed E-state index contributed by atoms with van der Waals surface area (Å²) in [5.74, 6) is 0. The van der Waals surface area contributed by atoms with E-state index in [0.29, 0.717) is 6.04 Å². The predicted octanol–water partition coefficient (Wildman–Crippen LogP) is 3.21. The summed E-state index contributed by atoms with van der Waals surface area (Å²) in [4.78, 5) is 1.39. The molecule has 1 unspecified atom stereocenters. The van der Waals surface area contributed by atoms with Gasteiger partial charge in [0.25, 0.3) is 0 Å². The molecule has 0 aliphatic rings. The Morgan fingerprint density at radius 2 is 2.27 bits per heavy atom. The second-order valence-electron chi connectivity index (χ2n) is 4.41. The average molecular weight is 227 g/mol. The molecular weight excluding hydrogens is 206 g/mol. The standard InChI is InChI=1S/C12H21NOS/c1-10(11-6-5-9-15-11)13-8-7-12(2,3)14-4/h5-6,9-10,13H,7-8H2,1-4H3. The molecule has 0 aromatic carbocycles. The second kappa shape index (κ2) is 5.64. The summed E-state index contributed by atoms with van der Waals surface area (Å²) in [5, 5.41) is 5.62. The average Bonchev–Trinajstić information content (AvgIpc) is 2.70. The number of thiophene rings is 1. The van der Waals surface area contributed by atoms with Gasteiger partial charge in [0, 0.05) is 18.0 Å². The molecule has 1 aromatic rings. The highest BCUT2D eigenvalue weighted by Gasteiger charge is 2.16. The Balaban J connectivity index is 2.26. The lowest BCUT2D eigenvalue weighted by atomic mass is 10.1. The van der Waals surface area contributed by atoms with Crippen LogP contribution in [-0.2, 0) is 4.74 Å². The molecule has 1 aromatic heterocycles. The Labute approximate surface area is 96.7 Å². The van der Waals surface area contributed by atoms with Crippen LogP contribution in [0.1, 0.15) is 38.1 Å². The predicted molar refractivity (Wildman–Crippen MR) is 66.4 cm³/mol. The molecule has 1 atom stereocenters. The number of nitrogens with one attached hydrogen (secondary N) is 1. The summed E-state index contributed by atoms with van der Waals surface area (Å²) in [6.07, 6.45) is 1.03. The molecule has 0 saturated carbocycles. The van der Waals surface area contributed by atoms with Crippen LogP contribution < -0.4 is 5.32 Å². The van der Waals surface area contributed by atoms with Crippen molar-refractivity contribution in [3.63, 3.8) is 0 Å². The van der Waals surface area contributed by atoms with Crippen LogP contribution in [0.2, 0.25) is 0 Å². The molecule has 0 aliphatic heterocycles. The van der Waals surface area contributed by atoms with Crippen LogP contribution in [0.3, 0.4) is 0 Å². The van der Waals surface area contributed by atoms with Gasteiger partial charge in [-0.3, -0.25) is 0 Å². The first-order valence-corrected chi connectivity index (χ1v) is 6.25. The fraction of sp³-hybridized carbons (Fsp3) is 0.667. The Hall–Kier alpha value is -0.380. The van der Waals surface area contributed by atoms with Gasteiger partial charge in [0.2, 0.25) is 0 Å². The first-order chi connectivity index (χ1) is 7.05. The molecule has 0 aliphatic carbocycles. The first-order valence-electron chi connectivity index (χ1n) is 5.37. The van der Waals surface area contributed by atoms with E-state index in [9.17, 15) is 0 Å². The Morgan fingerprint density at radius 1 is 1.53 bits per heavy atom. The molecule has 0 fully saturated rings. The van der Waals surface area contributed by atoms with E-state index >= 15 is 0 Å². The summed E-state index contributed by atoms with van der Waals surface area (Å²) in [6, 6.07) is 4.71. The number of rotatable bonds is 6. The normalized spacial score (nSPS) is 14.1. The fourth-order valence-electron chi connectivity index (χ4n) is 1.33. The van der Waals surface area contributed by atoms with Crippen LogP contribution in [-0.4, -0.2) is 19.3 Å². The second-order valence-corrected chi connectivity index (χ2v) is 5.38. The van der Waals surface area contributed by atoms with Gasteiger partial charge in [-0.05, 0) is 45.2 Å². The first kappa shape index (κ1) is 12.7. The Bertz CT molecular complexity index is 269. The van der Waals surface area contributed by atoms with E-state index in [1.165, 1.54) is 4.88 Å². The molecule has 15 heavy (non-hydrogen) atoms. The van der Waals surface area contributed by atoms with Gasteiger partial charge in [0.05, 0.1) is 5.60 Å². The van der Waals surface area contributed by atoms with Crippen molar-refractivity contribution in [1.82, 2.24) is 5.32 Å². The largest absolute Gasteiger partial charge is 0.379 e. The quantitative estimate of drug-likeness (QED) is 0.805. The van der Waals surface area contributed by atoms with Crippen molar-refractivity contribution < 1.29 is 4.74 Å². The molecule has 0 amide bonds. The molecule has 0 spiro atoms. The molecule has 0 radical (unpaired) electrons. The van der Waals surface area contributed by atoms with Gasteiger partial charge in [0.15, 0.2) is 0 Å². The van der Waals surface area contributed by atoms with Crippen molar-refractivity contribution in [3.8, 4) is 0 Å². The lowest BCUT2D eigenvalue weighted by Gasteiger charge is -2.23. The van der Waals surface area contributed by atoms with Gasteiger partial charge in [0.1, 0.15) is 0 Å². The maximum atomic E-state index is 5.37. The molecule has 0 saturated heterocycles. The van der Waals surface area contributed by atoms with E-state index in [2.05, 4.69) is 43.6 Å². The minimum absolute atomic E-state index is 0.0256. The third-order valence-corrected chi connectivity index (χ3v) is 3.76. The highest BCUT2D eigenvalue weighted by molar-refractivity contribution is 7.10. The van der Waals surface area contributed by atoms with Gasteiger partial charge in [-0.25, -0.2) is 0 Å². The third kappa shape index (κ3) is 4.33. The summed E-state index contributed by atoms with van der Waals surface area (Å²) >= 11 is 1.80. The maximum Gasteiger partial charge on any atom is 0.0634 e. The highest BCUT2D eigenvalue weighted by atomic mass is 32.1. The smallest absolute Gasteiger partial charge is 0.0634 e. The summed E-state index contributed by atoms with van der Waals surface area (Å²) < 4.78 is 5.37. The Morgan fingerprint density at radius 3 is 2.80 bits per heavy atom. The van der Waals surface area contributed by atoms with Crippen molar-refractivity contribution in [2.45, 2.75) is 38.8 Å². The lowest BCUT2D eigenvalue weighted by Crippen LogP contribution is -2.29. The molecule has 86 valence electrons. The zero-order valence-corrected chi connectivity index (χ0v) is 10.9. The SMILES string of the molecule is COC(C)(C)CCNC(C)c1cccs1. The molecule has 1 rings (SSSR count). The van der Waals surface area contributed by atoms with Crippen LogP contribution in [0.25, 0.3) is 0 Å². The zero-order chi connectivity index (χ0) is 11.3. The summed E-state index contributed by atoms with van der Waals surface area (Å²) in [5.41, 5.74) is -0.0256. The van der Waals surface area contributed by atoms with Crippen LogP contribution >= 0.6 is 11.3 Å². The fourth-order valence-corrected chi connectivity index (χ4v) is 2.09. The van der Waals surface area contributed by atoms with E-state index in [-0.39, 0.29) is 5.60 Å². The molecular formula is C12H21NOS. The number of hydrogen-bond acceptors (Lipinski definition) is 3. The number of methoxy groups -OCH3 is 1. The topological polar surface area (TPSA) is 21.3 Å². The van der Waals surface area contributed by atoms with Crippen LogP contribution in [0, 0.1) is 0 Å². The molecule has 2 nitrogen and oxygen atoms in total. The number of hydrogen-bond donors (Lipinski definition) is 1. The molecule has 1 heterocycles. The van der Waals surface area contributed by atoms with Crippen molar-refractivity contribution in [2.24, 2.45) is 0 Å². The maximum absolute atomic E-state index is 5.37. The number of ether oxygens (including phenoxy) is 1. The molecule has 3 heteroatoms. The van der Waals surface area contributed by atoms with Gasteiger partial charge in [-0.2, -0.15) is 0 Å². The van der Waals surface area contributed by atoms with Gasteiger partial charge >= 0.3 is 0 Å². The van der Waals surface area contributed by atoms with Crippen LogP contribution in [0.5, 0.6) is 0 Å². The lowest BCUT2D eigenvalue weighted by molar-refractivity contribution is 0.0154. The van der Waals surface area contributed by atoms with E-state index in [0.717, 1.165) is 13.0 Å².